The first kappa shape index (κ1) is 13.5. The number of aryl methyl sites for hydroxylation is 1. The number of nitrogens with one attached hydrogen (secondary N) is 1. The third-order valence-corrected chi connectivity index (χ3v) is 3.93. The number of hydrogen-bond acceptors (Lipinski definition) is 2. The van der Waals surface area contributed by atoms with Crippen molar-refractivity contribution in [3.05, 3.63) is 82.8 Å². The van der Waals surface area contributed by atoms with Gasteiger partial charge in [-0.2, -0.15) is 0 Å². The maximum Gasteiger partial charge on any atom is 0.281 e. The first-order valence-corrected chi connectivity index (χ1v) is 7.46. The normalized spacial score (nSPS) is 11.0. The second-order valence-corrected chi connectivity index (χ2v) is 5.54. The minimum atomic E-state index is -0.0856. The summed E-state index contributed by atoms with van der Waals surface area (Å²) in [4.78, 5) is 17.2. The fourth-order valence-corrected chi connectivity index (χ4v) is 2.84. The number of benzene rings is 2. The van der Waals surface area contributed by atoms with Crippen LogP contribution in [-0.4, -0.2) is 14.8 Å². The van der Waals surface area contributed by atoms with Gasteiger partial charge in [-0.3, -0.25) is 9.89 Å². The summed E-state index contributed by atoms with van der Waals surface area (Å²) < 4.78 is 1.55. The summed E-state index contributed by atoms with van der Waals surface area (Å²) in [6.45, 7) is 2.00. The number of H-pyrrole nitrogens is 1. The Kier molecular flexibility index (Phi) is 3.08. The molecule has 0 atom stereocenters. The lowest BCUT2D eigenvalue weighted by Gasteiger charge is -2.02. The van der Waals surface area contributed by atoms with E-state index in [2.05, 4.69) is 10.1 Å². The molecule has 1 N–H and O–H groups in total. The van der Waals surface area contributed by atoms with Crippen molar-refractivity contribution < 1.29 is 0 Å². The van der Waals surface area contributed by atoms with Crippen LogP contribution in [0.25, 0.3) is 27.8 Å². The average molecular weight is 301 g/mol. The van der Waals surface area contributed by atoms with Crippen molar-refractivity contribution in [2.24, 2.45) is 0 Å². The molecule has 4 nitrogen and oxygen atoms in total. The van der Waals surface area contributed by atoms with Crippen molar-refractivity contribution in [1.29, 1.82) is 0 Å². The Morgan fingerprint density at radius 1 is 1.00 bits per heavy atom. The topological polar surface area (TPSA) is 50.7 Å². The monoisotopic (exact) mass is 301 g/mol. The van der Waals surface area contributed by atoms with E-state index in [9.17, 15) is 4.79 Å². The third kappa shape index (κ3) is 2.25. The number of rotatable bonds is 2. The van der Waals surface area contributed by atoms with Crippen molar-refractivity contribution in [2.75, 3.05) is 0 Å². The van der Waals surface area contributed by atoms with E-state index < -0.39 is 0 Å². The highest BCUT2D eigenvalue weighted by molar-refractivity contribution is 5.92. The van der Waals surface area contributed by atoms with Gasteiger partial charge in [-0.15, -0.1) is 0 Å². The number of aromatic nitrogens is 3. The molecule has 0 radical (unpaired) electrons. The van der Waals surface area contributed by atoms with E-state index in [0.29, 0.717) is 11.0 Å². The van der Waals surface area contributed by atoms with Crippen LogP contribution in [0.1, 0.15) is 5.56 Å². The van der Waals surface area contributed by atoms with Gasteiger partial charge >= 0.3 is 0 Å². The summed E-state index contributed by atoms with van der Waals surface area (Å²) in [5.41, 5.74) is 4.32. The van der Waals surface area contributed by atoms with Gasteiger partial charge in [0.15, 0.2) is 5.65 Å². The van der Waals surface area contributed by atoms with E-state index in [4.69, 9.17) is 0 Å². The summed E-state index contributed by atoms with van der Waals surface area (Å²) in [5, 5.41) is 3.72. The molecule has 4 aromatic rings. The molecule has 0 amide bonds. The summed E-state index contributed by atoms with van der Waals surface area (Å²) in [5.74, 6) is 0. The number of aromatic amines is 1. The van der Waals surface area contributed by atoms with Crippen LogP contribution in [0.2, 0.25) is 0 Å². The molecule has 2 aromatic carbocycles. The van der Waals surface area contributed by atoms with Crippen LogP contribution in [-0.2, 0) is 0 Å². The molecule has 0 spiro atoms. The van der Waals surface area contributed by atoms with Gasteiger partial charge in [-0.05, 0) is 41.8 Å². The predicted molar refractivity (Wildman–Crippen MR) is 91.9 cm³/mol. The van der Waals surface area contributed by atoms with Crippen LogP contribution in [0.3, 0.4) is 0 Å². The second-order valence-electron chi connectivity index (χ2n) is 5.54. The quantitative estimate of drug-likeness (QED) is 0.614. The Morgan fingerprint density at radius 2 is 1.83 bits per heavy atom. The molecule has 0 fully saturated rings. The highest BCUT2D eigenvalue weighted by atomic mass is 16.1. The van der Waals surface area contributed by atoms with Crippen LogP contribution >= 0.6 is 0 Å². The predicted octanol–water partition coefficient (Wildman–Crippen LogP) is 3.69. The molecule has 23 heavy (non-hydrogen) atoms. The lowest BCUT2D eigenvalue weighted by atomic mass is 10.0. The van der Waals surface area contributed by atoms with Crippen molar-refractivity contribution in [1.82, 2.24) is 14.8 Å². The fraction of sp³-hybridized carbons (Fsp3) is 0.0526. The Morgan fingerprint density at radius 3 is 2.61 bits per heavy atom. The SMILES string of the molecule is Cc1cccc(-n2[nH]c3nccc(-c4ccccc4)c3c2=O)c1. The van der Waals surface area contributed by atoms with Gasteiger partial charge in [0.05, 0.1) is 11.1 Å². The molecule has 2 heterocycles. The van der Waals surface area contributed by atoms with Crippen molar-refractivity contribution in [3.8, 4) is 16.8 Å². The zero-order valence-electron chi connectivity index (χ0n) is 12.7. The van der Waals surface area contributed by atoms with E-state index >= 15 is 0 Å². The van der Waals surface area contributed by atoms with Crippen molar-refractivity contribution in [2.45, 2.75) is 6.92 Å². The molecule has 112 valence electrons. The van der Waals surface area contributed by atoms with E-state index in [1.54, 1.807) is 10.9 Å². The molecule has 0 saturated carbocycles. The van der Waals surface area contributed by atoms with E-state index in [0.717, 1.165) is 22.4 Å². The maximum absolute atomic E-state index is 12.9. The minimum absolute atomic E-state index is 0.0856. The third-order valence-electron chi connectivity index (χ3n) is 3.93. The summed E-state index contributed by atoms with van der Waals surface area (Å²) in [6, 6.07) is 19.6. The molecule has 0 aliphatic rings. The molecular weight excluding hydrogens is 286 g/mol. The smallest absolute Gasteiger partial charge is 0.274 e. The lowest BCUT2D eigenvalue weighted by molar-refractivity contribution is 0.857. The molecule has 2 aromatic heterocycles. The largest absolute Gasteiger partial charge is 0.281 e. The Balaban J connectivity index is 2.01. The van der Waals surface area contributed by atoms with Crippen LogP contribution in [0.15, 0.2) is 71.7 Å². The van der Waals surface area contributed by atoms with Gasteiger partial charge in [-0.1, -0.05) is 42.5 Å². The van der Waals surface area contributed by atoms with Gasteiger partial charge in [0.1, 0.15) is 0 Å². The molecule has 0 aliphatic heterocycles. The lowest BCUT2D eigenvalue weighted by Crippen LogP contribution is -2.14. The molecule has 0 aliphatic carbocycles. The summed E-state index contributed by atoms with van der Waals surface area (Å²) in [7, 11) is 0. The Bertz CT molecular complexity index is 1050. The Labute approximate surface area is 133 Å². The second kappa shape index (κ2) is 5.25. The maximum atomic E-state index is 12.9. The van der Waals surface area contributed by atoms with Crippen LogP contribution in [0.5, 0.6) is 0 Å². The number of fused-ring (bicyclic) bond motifs is 1. The molecule has 4 rings (SSSR count). The van der Waals surface area contributed by atoms with Crippen molar-refractivity contribution in [3.63, 3.8) is 0 Å². The molecule has 0 bridgehead atoms. The number of hydrogen-bond donors (Lipinski definition) is 1. The molecular formula is C19H15N3O. The van der Waals surface area contributed by atoms with Gasteiger partial charge in [-0.25, -0.2) is 9.67 Å². The molecule has 4 heteroatoms. The van der Waals surface area contributed by atoms with E-state index in [1.807, 2.05) is 67.6 Å². The molecule has 0 saturated heterocycles. The summed E-state index contributed by atoms with van der Waals surface area (Å²) in [6.07, 6.45) is 1.72. The zero-order chi connectivity index (χ0) is 15.8. The average Bonchev–Trinajstić information content (AvgIpc) is 2.93. The van der Waals surface area contributed by atoms with Gasteiger partial charge < -0.3 is 0 Å². The van der Waals surface area contributed by atoms with E-state index in [-0.39, 0.29) is 5.56 Å². The minimum Gasteiger partial charge on any atom is -0.274 e. The Hall–Kier alpha value is -3.14. The fourth-order valence-electron chi connectivity index (χ4n) is 2.84. The molecule has 0 unspecified atom stereocenters. The first-order valence-electron chi connectivity index (χ1n) is 7.46. The highest BCUT2D eigenvalue weighted by Crippen LogP contribution is 2.24. The van der Waals surface area contributed by atoms with Crippen molar-refractivity contribution >= 4 is 11.0 Å². The van der Waals surface area contributed by atoms with Gasteiger partial charge in [0.25, 0.3) is 5.56 Å². The summed E-state index contributed by atoms with van der Waals surface area (Å²) >= 11 is 0. The van der Waals surface area contributed by atoms with Gasteiger partial charge in [0, 0.05) is 6.20 Å². The van der Waals surface area contributed by atoms with Gasteiger partial charge in [0.2, 0.25) is 0 Å². The van der Waals surface area contributed by atoms with Crippen LogP contribution in [0.4, 0.5) is 0 Å². The first-order chi connectivity index (χ1) is 11.2. The number of pyridine rings is 1. The number of nitrogens with zero attached hydrogens (tertiary/aromatic N) is 2. The zero-order valence-corrected chi connectivity index (χ0v) is 12.7. The van der Waals surface area contributed by atoms with E-state index in [1.165, 1.54) is 0 Å². The standard InChI is InChI=1S/C19H15N3O/c1-13-6-5-9-15(12-13)22-19(23)17-16(10-11-20-18(17)21-22)14-7-3-2-4-8-14/h2-12H,1H3,(H,20,21). The highest BCUT2D eigenvalue weighted by Gasteiger charge is 2.14. The van der Waals surface area contributed by atoms with Crippen LogP contribution in [0, 0.1) is 6.92 Å². The van der Waals surface area contributed by atoms with Crippen LogP contribution < -0.4 is 5.56 Å².